The summed E-state index contributed by atoms with van der Waals surface area (Å²) in [6, 6.07) is 1.89. The van der Waals surface area contributed by atoms with E-state index in [2.05, 4.69) is 10.6 Å². The Balaban J connectivity index is 2.41. The molecule has 1 aliphatic rings. The summed E-state index contributed by atoms with van der Waals surface area (Å²) in [7, 11) is 0. The fourth-order valence-corrected chi connectivity index (χ4v) is 1.13. The number of hydrogen-bond donors (Lipinski definition) is 1. The maximum absolute atomic E-state index is 10.3. The van der Waals surface area contributed by atoms with Gasteiger partial charge in [0.25, 0.3) is 0 Å². The third-order valence-corrected chi connectivity index (χ3v) is 1.73. The van der Waals surface area contributed by atoms with Crippen molar-refractivity contribution in [2.24, 2.45) is 5.29 Å². The van der Waals surface area contributed by atoms with Crippen LogP contribution in [0.1, 0.15) is 0 Å². The van der Waals surface area contributed by atoms with Crippen LogP contribution < -0.4 is 5.32 Å². The van der Waals surface area contributed by atoms with Gasteiger partial charge < -0.3 is 5.32 Å². The normalized spacial score (nSPS) is 18.2. The minimum Gasteiger partial charge on any atom is -0.314 e. The van der Waals surface area contributed by atoms with Crippen LogP contribution in [0.25, 0.3) is 0 Å². The van der Waals surface area contributed by atoms with E-state index in [0.29, 0.717) is 0 Å². The van der Waals surface area contributed by atoms with Gasteiger partial charge in [-0.2, -0.15) is 15.4 Å². The molecular weight excluding hydrogens is 158 g/mol. The first-order chi connectivity index (χ1) is 5.88. The number of hydrazine groups is 1. The van der Waals surface area contributed by atoms with Gasteiger partial charge in [0.1, 0.15) is 6.54 Å². The molecular formula is C6H11N5O. The average molecular weight is 169 g/mol. The third kappa shape index (κ3) is 2.15. The Hall–Kier alpha value is -1.19. The lowest BCUT2D eigenvalue weighted by Crippen LogP contribution is -2.50. The summed E-state index contributed by atoms with van der Waals surface area (Å²) in [5.41, 5.74) is 0. The molecule has 0 amide bonds. The molecule has 1 rings (SSSR count). The molecule has 6 nitrogen and oxygen atoms in total. The van der Waals surface area contributed by atoms with E-state index in [1.54, 1.807) is 5.01 Å². The van der Waals surface area contributed by atoms with Gasteiger partial charge in [0, 0.05) is 26.2 Å². The molecule has 1 saturated heterocycles. The number of hydrogen-bond acceptors (Lipinski definition) is 5. The van der Waals surface area contributed by atoms with Gasteiger partial charge in [-0.25, -0.2) is 0 Å². The molecule has 1 heterocycles. The van der Waals surface area contributed by atoms with Gasteiger partial charge >= 0.3 is 0 Å². The van der Waals surface area contributed by atoms with Gasteiger partial charge in [-0.05, 0) is 0 Å². The smallest absolute Gasteiger partial charge is 0.143 e. The van der Waals surface area contributed by atoms with Crippen LogP contribution in [-0.4, -0.2) is 42.9 Å². The fourth-order valence-electron chi connectivity index (χ4n) is 1.13. The van der Waals surface area contributed by atoms with Gasteiger partial charge in [-0.1, -0.05) is 0 Å². The molecule has 0 aromatic carbocycles. The lowest BCUT2D eigenvalue weighted by Gasteiger charge is -2.31. The molecule has 0 aromatic rings. The van der Waals surface area contributed by atoms with E-state index in [1.807, 2.05) is 6.07 Å². The zero-order chi connectivity index (χ0) is 8.81. The molecule has 0 bridgehead atoms. The minimum atomic E-state index is 0.0312. The average Bonchev–Trinajstić information content (AvgIpc) is 2.15. The summed E-state index contributed by atoms with van der Waals surface area (Å²) in [6.07, 6.45) is 0. The van der Waals surface area contributed by atoms with E-state index in [1.165, 1.54) is 5.12 Å². The first-order valence-electron chi connectivity index (χ1n) is 3.82. The summed E-state index contributed by atoms with van der Waals surface area (Å²) in [4.78, 5) is 10.3. The molecule has 6 heteroatoms. The number of piperazine rings is 1. The van der Waals surface area contributed by atoms with Gasteiger partial charge in [0.2, 0.25) is 0 Å². The van der Waals surface area contributed by atoms with E-state index in [4.69, 9.17) is 5.26 Å². The Bertz CT molecular complexity index is 183. The Morgan fingerprint density at radius 1 is 1.58 bits per heavy atom. The summed E-state index contributed by atoms with van der Waals surface area (Å²) in [5, 5.41) is 17.2. The van der Waals surface area contributed by atoms with Crippen molar-refractivity contribution in [2.45, 2.75) is 0 Å². The SMILES string of the molecule is N#CCN(N=O)N1CCNCC1. The molecule has 0 aliphatic carbocycles. The Morgan fingerprint density at radius 2 is 2.25 bits per heavy atom. The van der Waals surface area contributed by atoms with Crippen molar-refractivity contribution >= 4 is 0 Å². The van der Waals surface area contributed by atoms with Gasteiger partial charge in [0.15, 0.2) is 0 Å². The van der Waals surface area contributed by atoms with Crippen LogP contribution in [-0.2, 0) is 0 Å². The lowest BCUT2D eigenvalue weighted by molar-refractivity contribution is -0.0228. The van der Waals surface area contributed by atoms with Gasteiger partial charge in [0.05, 0.1) is 11.4 Å². The fraction of sp³-hybridized carbons (Fsp3) is 0.833. The minimum absolute atomic E-state index is 0.0312. The monoisotopic (exact) mass is 169 g/mol. The van der Waals surface area contributed by atoms with Crippen molar-refractivity contribution in [3.63, 3.8) is 0 Å². The Morgan fingerprint density at radius 3 is 2.75 bits per heavy atom. The molecule has 1 aliphatic heterocycles. The number of nitriles is 1. The molecule has 0 unspecified atom stereocenters. The molecule has 0 saturated carbocycles. The summed E-state index contributed by atoms with van der Waals surface area (Å²) in [6.45, 7) is 3.15. The van der Waals surface area contributed by atoms with Crippen molar-refractivity contribution in [3.05, 3.63) is 4.91 Å². The largest absolute Gasteiger partial charge is 0.314 e. The van der Waals surface area contributed by atoms with Crippen molar-refractivity contribution in [3.8, 4) is 6.07 Å². The first-order valence-corrected chi connectivity index (χ1v) is 3.82. The third-order valence-electron chi connectivity index (χ3n) is 1.73. The van der Waals surface area contributed by atoms with Gasteiger partial charge in [-0.15, -0.1) is 4.91 Å². The Labute approximate surface area is 70.7 Å². The second kappa shape index (κ2) is 4.64. The second-order valence-corrected chi connectivity index (χ2v) is 2.47. The number of nitrogens with zero attached hydrogens (tertiary/aromatic N) is 4. The van der Waals surface area contributed by atoms with E-state index in [-0.39, 0.29) is 6.54 Å². The van der Waals surface area contributed by atoms with E-state index in [9.17, 15) is 4.91 Å². The summed E-state index contributed by atoms with van der Waals surface area (Å²) in [5.74, 6) is 0. The highest BCUT2D eigenvalue weighted by Crippen LogP contribution is 1.99. The van der Waals surface area contributed by atoms with Crippen molar-refractivity contribution in [1.29, 1.82) is 5.26 Å². The van der Waals surface area contributed by atoms with Crippen LogP contribution in [0.4, 0.5) is 0 Å². The zero-order valence-corrected chi connectivity index (χ0v) is 6.73. The van der Waals surface area contributed by atoms with Gasteiger partial charge in [-0.3, -0.25) is 0 Å². The highest BCUT2D eigenvalue weighted by Gasteiger charge is 2.16. The molecule has 66 valence electrons. The molecule has 0 radical (unpaired) electrons. The number of nitroso groups, excluding NO2 is 1. The number of rotatable bonds is 3. The molecule has 0 atom stereocenters. The zero-order valence-electron chi connectivity index (χ0n) is 6.73. The van der Waals surface area contributed by atoms with Crippen LogP contribution in [0.3, 0.4) is 0 Å². The van der Waals surface area contributed by atoms with E-state index >= 15 is 0 Å². The molecule has 1 N–H and O–H groups in total. The van der Waals surface area contributed by atoms with Crippen LogP contribution in [0.5, 0.6) is 0 Å². The molecule has 0 spiro atoms. The maximum Gasteiger partial charge on any atom is 0.143 e. The van der Waals surface area contributed by atoms with Crippen LogP contribution in [0.2, 0.25) is 0 Å². The first kappa shape index (κ1) is 8.90. The van der Waals surface area contributed by atoms with Crippen molar-refractivity contribution in [1.82, 2.24) is 15.4 Å². The highest BCUT2D eigenvalue weighted by molar-refractivity contribution is 4.75. The summed E-state index contributed by atoms with van der Waals surface area (Å²) < 4.78 is 0. The van der Waals surface area contributed by atoms with E-state index in [0.717, 1.165) is 26.2 Å². The predicted octanol–water partition coefficient (Wildman–Crippen LogP) is -0.686. The van der Waals surface area contributed by atoms with Crippen molar-refractivity contribution in [2.75, 3.05) is 32.7 Å². The Kier molecular flexibility index (Phi) is 3.44. The second-order valence-electron chi connectivity index (χ2n) is 2.47. The lowest BCUT2D eigenvalue weighted by atomic mass is 10.4. The van der Waals surface area contributed by atoms with Crippen LogP contribution in [0, 0.1) is 16.2 Å². The quantitative estimate of drug-likeness (QED) is 0.344. The number of nitrogens with one attached hydrogen (secondary N) is 1. The van der Waals surface area contributed by atoms with Crippen molar-refractivity contribution < 1.29 is 0 Å². The van der Waals surface area contributed by atoms with Crippen LogP contribution >= 0.6 is 0 Å². The molecule has 1 fully saturated rings. The molecule has 12 heavy (non-hydrogen) atoms. The standard InChI is InChI=1S/C6H11N5O/c7-1-4-11(9-12)10-5-2-8-3-6-10/h8H,2-6H2. The maximum atomic E-state index is 10.3. The predicted molar refractivity (Wildman–Crippen MR) is 42.6 cm³/mol. The molecule has 0 aromatic heterocycles. The topological polar surface area (TPSA) is 71.7 Å². The highest BCUT2D eigenvalue weighted by atomic mass is 16.3. The van der Waals surface area contributed by atoms with Crippen LogP contribution in [0.15, 0.2) is 5.29 Å². The summed E-state index contributed by atoms with van der Waals surface area (Å²) >= 11 is 0. The van der Waals surface area contributed by atoms with E-state index < -0.39 is 0 Å².